The third kappa shape index (κ3) is 4.09. The van der Waals surface area contributed by atoms with Crippen LogP contribution >= 0.6 is 46.1 Å². The van der Waals surface area contributed by atoms with Crippen molar-refractivity contribution in [3.8, 4) is 5.75 Å². The molecule has 0 aliphatic heterocycles. The number of aromatic nitrogens is 1. The predicted molar refractivity (Wildman–Crippen MR) is 77.5 cm³/mol. The van der Waals surface area contributed by atoms with Crippen LogP contribution in [-0.4, -0.2) is 11.6 Å². The molecule has 0 atom stereocenters. The van der Waals surface area contributed by atoms with Crippen LogP contribution in [0.5, 0.6) is 5.75 Å². The zero-order valence-corrected chi connectivity index (χ0v) is 12.8. The molecule has 0 unspecified atom stereocenters. The lowest BCUT2D eigenvalue weighted by molar-refractivity contribution is -0.0497. The van der Waals surface area contributed by atoms with E-state index in [9.17, 15) is 8.78 Å². The van der Waals surface area contributed by atoms with Gasteiger partial charge in [0.05, 0.1) is 22.8 Å². The quantitative estimate of drug-likeness (QED) is 0.785. The smallest absolute Gasteiger partial charge is 0.387 e. The Bertz CT molecular complexity index is 586. The van der Waals surface area contributed by atoms with E-state index in [2.05, 4.69) is 15.0 Å². The normalized spacial score (nSPS) is 10.9. The van der Waals surface area contributed by atoms with Gasteiger partial charge in [0.25, 0.3) is 0 Å². The molecule has 1 N–H and O–H groups in total. The highest BCUT2D eigenvalue weighted by molar-refractivity contribution is 7.15. The van der Waals surface area contributed by atoms with Crippen LogP contribution in [0.3, 0.4) is 0 Å². The van der Waals surface area contributed by atoms with Crippen LogP contribution in [0.1, 0.15) is 5.01 Å². The minimum Gasteiger partial charge on any atom is -0.432 e. The van der Waals surface area contributed by atoms with Crippen LogP contribution in [0, 0.1) is 0 Å². The number of anilines is 1. The Labute approximate surface area is 132 Å². The number of nitrogens with one attached hydrogen (secondary N) is 1. The standard InChI is InChI=1S/C11H7Cl3F2N2OS/c12-6-1-5(2-7(13)10(6)19-11(15)16)17-4-9-18-3-8(14)20-9/h1-3,11,17H,4H2. The van der Waals surface area contributed by atoms with Gasteiger partial charge in [-0.25, -0.2) is 4.98 Å². The molecule has 2 rings (SSSR count). The number of nitrogens with zero attached hydrogens (tertiary/aromatic N) is 1. The van der Waals surface area contributed by atoms with E-state index in [1.54, 1.807) is 6.20 Å². The first-order valence-corrected chi connectivity index (χ1v) is 7.18. The van der Waals surface area contributed by atoms with Gasteiger partial charge in [-0.2, -0.15) is 8.78 Å². The zero-order valence-electron chi connectivity index (χ0n) is 9.67. The number of hydrogen-bond acceptors (Lipinski definition) is 4. The van der Waals surface area contributed by atoms with Crippen LogP contribution in [0.4, 0.5) is 14.5 Å². The molecule has 9 heteroatoms. The first-order chi connectivity index (χ1) is 9.45. The molecule has 2 aromatic rings. The second kappa shape index (κ2) is 6.76. The number of ether oxygens (including phenoxy) is 1. The fourth-order valence-corrected chi connectivity index (χ4v) is 2.88. The van der Waals surface area contributed by atoms with E-state index in [0.29, 0.717) is 16.6 Å². The SMILES string of the molecule is FC(F)Oc1c(Cl)cc(NCc2ncc(Cl)s2)cc1Cl. The highest BCUT2D eigenvalue weighted by atomic mass is 35.5. The van der Waals surface area contributed by atoms with Crippen LogP contribution < -0.4 is 10.1 Å². The van der Waals surface area contributed by atoms with Gasteiger partial charge in [0.1, 0.15) is 9.34 Å². The van der Waals surface area contributed by atoms with Gasteiger partial charge >= 0.3 is 6.61 Å². The molecule has 0 aliphatic carbocycles. The van der Waals surface area contributed by atoms with E-state index in [4.69, 9.17) is 34.8 Å². The number of thiazole rings is 1. The second-order valence-electron chi connectivity index (χ2n) is 3.56. The maximum atomic E-state index is 12.2. The average Bonchev–Trinajstić information content (AvgIpc) is 2.77. The minimum atomic E-state index is -2.98. The summed E-state index contributed by atoms with van der Waals surface area (Å²) in [5.74, 6) is -0.244. The molecule has 0 saturated carbocycles. The largest absolute Gasteiger partial charge is 0.432 e. The van der Waals surface area contributed by atoms with Crippen molar-refractivity contribution in [2.75, 3.05) is 5.32 Å². The Balaban J connectivity index is 2.09. The summed E-state index contributed by atoms with van der Waals surface area (Å²) in [4.78, 5) is 4.07. The molecule has 20 heavy (non-hydrogen) atoms. The van der Waals surface area contributed by atoms with Crippen LogP contribution in [0.2, 0.25) is 14.4 Å². The highest BCUT2D eigenvalue weighted by Gasteiger charge is 2.14. The Morgan fingerprint density at radius 1 is 1.25 bits per heavy atom. The fourth-order valence-electron chi connectivity index (χ4n) is 1.41. The van der Waals surface area contributed by atoms with E-state index >= 15 is 0 Å². The Morgan fingerprint density at radius 3 is 2.40 bits per heavy atom. The monoisotopic (exact) mass is 358 g/mol. The van der Waals surface area contributed by atoms with E-state index < -0.39 is 6.61 Å². The number of rotatable bonds is 5. The third-order valence-corrected chi connectivity index (χ3v) is 3.85. The summed E-state index contributed by atoms with van der Waals surface area (Å²) in [5.41, 5.74) is 0.563. The second-order valence-corrected chi connectivity index (χ2v) is 6.12. The average molecular weight is 360 g/mol. The molecule has 1 heterocycles. The van der Waals surface area contributed by atoms with Gasteiger partial charge in [-0.1, -0.05) is 34.8 Å². The van der Waals surface area contributed by atoms with E-state index in [-0.39, 0.29) is 15.8 Å². The molecular weight excluding hydrogens is 353 g/mol. The molecule has 0 aliphatic rings. The minimum absolute atomic E-state index is 0.00234. The van der Waals surface area contributed by atoms with Gasteiger partial charge in [-0.3, -0.25) is 0 Å². The first-order valence-electron chi connectivity index (χ1n) is 5.23. The van der Waals surface area contributed by atoms with Crippen molar-refractivity contribution in [3.63, 3.8) is 0 Å². The lowest BCUT2D eigenvalue weighted by Crippen LogP contribution is -2.04. The molecule has 0 saturated heterocycles. The van der Waals surface area contributed by atoms with Crippen molar-refractivity contribution >= 4 is 51.8 Å². The third-order valence-electron chi connectivity index (χ3n) is 2.17. The topological polar surface area (TPSA) is 34.1 Å². The van der Waals surface area contributed by atoms with Crippen LogP contribution in [0.25, 0.3) is 0 Å². The lowest BCUT2D eigenvalue weighted by atomic mass is 10.3. The molecule has 0 bridgehead atoms. The zero-order chi connectivity index (χ0) is 14.7. The lowest BCUT2D eigenvalue weighted by Gasteiger charge is -2.11. The number of halogens is 5. The Morgan fingerprint density at radius 2 is 1.90 bits per heavy atom. The predicted octanol–water partition coefficient (Wildman–Crippen LogP) is 5.32. The van der Waals surface area contributed by atoms with Crippen molar-refractivity contribution < 1.29 is 13.5 Å². The molecule has 1 aromatic carbocycles. The van der Waals surface area contributed by atoms with Crippen molar-refractivity contribution in [2.24, 2.45) is 0 Å². The van der Waals surface area contributed by atoms with Gasteiger partial charge in [-0.05, 0) is 12.1 Å². The van der Waals surface area contributed by atoms with Crippen molar-refractivity contribution in [1.29, 1.82) is 0 Å². The van der Waals surface area contributed by atoms with Gasteiger partial charge in [0.2, 0.25) is 0 Å². The van der Waals surface area contributed by atoms with E-state index in [1.807, 2.05) is 0 Å². The van der Waals surface area contributed by atoms with Gasteiger partial charge in [-0.15, -0.1) is 11.3 Å². The van der Waals surface area contributed by atoms with Crippen molar-refractivity contribution in [2.45, 2.75) is 13.2 Å². The Kier molecular flexibility index (Phi) is 5.26. The summed E-state index contributed by atoms with van der Waals surface area (Å²) in [6.07, 6.45) is 1.54. The maximum absolute atomic E-state index is 12.2. The Hall–Kier alpha value is -0.820. The van der Waals surface area contributed by atoms with E-state index in [0.717, 1.165) is 5.01 Å². The van der Waals surface area contributed by atoms with Crippen LogP contribution in [0.15, 0.2) is 18.3 Å². The fraction of sp³-hybridized carbons (Fsp3) is 0.182. The summed E-state index contributed by atoms with van der Waals surface area (Å²) in [7, 11) is 0. The molecular formula is C11H7Cl3F2N2OS. The molecule has 0 radical (unpaired) electrons. The number of hydrogen-bond donors (Lipinski definition) is 1. The number of benzene rings is 1. The maximum Gasteiger partial charge on any atom is 0.387 e. The molecule has 108 valence electrons. The first kappa shape index (κ1) is 15.6. The summed E-state index contributed by atoms with van der Waals surface area (Å²) in [6.45, 7) is -2.57. The molecule has 1 aromatic heterocycles. The van der Waals surface area contributed by atoms with Gasteiger partial charge in [0.15, 0.2) is 5.75 Å². The molecule has 0 amide bonds. The van der Waals surface area contributed by atoms with Crippen LogP contribution in [-0.2, 0) is 6.54 Å². The summed E-state index contributed by atoms with van der Waals surface area (Å²) < 4.78 is 29.2. The summed E-state index contributed by atoms with van der Waals surface area (Å²) >= 11 is 18.8. The highest BCUT2D eigenvalue weighted by Crippen LogP contribution is 2.37. The summed E-state index contributed by atoms with van der Waals surface area (Å²) in [6, 6.07) is 2.89. The number of alkyl halides is 2. The summed E-state index contributed by atoms with van der Waals surface area (Å²) in [5, 5.41) is 3.78. The van der Waals surface area contributed by atoms with Gasteiger partial charge in [0, 0.05) is 5.69 Å². The van der Waals surface area contributed by atoms with E-state index in [1.165, 1.54) is 23.5 Å². The molecule has 0 spiro atoms. The molecule has 3 nitrogen and oxygen atoms in total. The molecule has 0 fully saturated rings. The van der Waals surface area contributed by atoms with Gasteiger partial charge < -0.3 is 10.1 Å². The van der Waals surface area contributed by atoms with Crippen molar-refractivity contribution in [1.82, 2.24) is 4.98 Å². The van der Waals surface area contributed by atoms with Crippen molar-refractivity contribution in [3.05, 3.63) is 37.7 Å².